The van der Waals surface area contributed by atoms with Gasteiger partial charge in [0.25, 0.3) is 5.54 Å². The van der Waals surface area contributed by atoms with Gasteiger partial charge < -0.3 is 9.47 Å². The summed E-state index contributed by atoms with van der Waals surface area (Å²) in [6.07, 6.45) is 3.15. The van der Waals surface area contributed by atoms with Crippen molar-refractivity contribution in [2.24, 2.45) is 0 Å². The summed E-state index contributed by atoms with van der Waals surface area (Å²) in [4.78, 5) is 3.82. The third-order valence-corrected chi connectivity index (χ3v) is 4.41. The molecule has 0 aromatic heterocycles. The summed E-state index contributed by atoms with van der Waals surface area (Å²) in [5.74, 6) is 2.88. The van der Waals surface area contributed by atoms with Crippen LogP contribution >= 0.6 is 0 Å². The van der Waals surface area contributed by atoms with Gasteiger partial charge in [-0.15, -0.1) is 5.54 Å². The van der Waals surface area contributed by atoms with Crippen molar-refractivity contribution >= 4 is 8.07 Å². The van der Waals surface area contributed by atoms with Crippen molar-refractivity contribution in [3.8, 4) is 11.5 Å². The van der Waals surface area contributed by atoms with Crippen LogP contribution in [0, 0.1) is 18.0 Å². The van der Waals surface area contributed by atoms with Gasteiger partial charge in [-0.05, 0) is 5.92 Å². The maximum absolute atomic E-state index is 7.47. The molecule has 0 unspecified atom stereocenters. The molecule has 1 heterocycles. The summed E-state index contributed by atoms with van der Waals surface area (Å²) in [6, 6.07) is 0. The third-order valence-electron chi connectivity index (χ3n) is 3.54. The fourth-order valence-corrected chi connectivity index (χ4v) is 3.01. The normalized spacial score (nSPS) is 25.2. The molecule has 2 rings (SSSR count). The molecule has 3 nitrogen and oxygen atoms in total. The predicted octanol–water partition coefficient (Wildman–Crippen LogP) is 2.84. The van der Waals surface area contributed by atoms with Crippen LogP contribution in [0.15, 0.2) is 0 Å². The summed E-state index contributed by atoms with van der Waals surface area (Å²) in [6.45, 7) is 15.5. The molecule has 0 N–H and O–H groups in total. The highest BCUT2D eigenvalue weighted by Crippen LogP contribution is 2.41. The van der Waals surface area contributed by atoms with E-state index in [1.165, 1.54) is 0 Å². The molecule has 1 aliphatic carbocycles. The van der Waals surface area contributed by atoms with E-state index in [2.05, 4.69) is 36.0 Å². The summed E-state index contributed by atoms with van der Waals surface area (Å²) in [5, 5.41) is 0. The minimum Gasteiger partial charge on any atom is -0.348 e. The van der Waals surface area contributed by atoms with Gasteiger partial charge in [-0.25, -0.2) is 6.57 Å². The zero-order valence-corrected chi connectivity index (χ0v) is 12.5. The second-order valence-electron chi connectivity index (χ2n) is 6.25. The topological polar surface area (TPSA) is 22.8 Å². The molecule has 4 heteroatoms. The van der Waals surface area contributed by atoms with Crippen molar-refractivity contribution in [3.05, 3.63) is 11.4 Å². The Morgan fingerprint density at radius 2 is 1.61 bits per heavy atom. The Morgan fingerprint density at radius 1 is 1.06 bits per heavy atom. The second kappa shape index (κ2) is 4.70. The molecule has 18 heavy (non-hydrogen) atoms. The lowest BCUT2D eigenvalue weighted by molar-refractivity contribution is -0.179. The molecule has 2 fully saturated rings. The van der Waals surface area contributed by atoms with Crippen LogP contribution < -0.4 is 0 Å². The number of rotatable bonds is 0. The van der Waals surface area contributed by atoms with Crippen LogP contribution in [-0.2, 0) is 9.47 Å². The summed E-state index contributed by atoms with van der Waals surface area (Å²) >= 11 is 0. The quantitative estimate of drug-likeness (QED) is 0.381. The van der Waals surface area contributed by atoms with Crippen LogP contribution in [0.3, 0.4) is 0 Å². The fraction of sp³-hybridized carbons (Fsp3) is 0.786. The average Bonchev–Trinajstić information content (AvgIpc) is 2.77. The Kier molecular flexibility index (Phi) is 3.55. The highest BCUT2D eigenvalue weighted by Gasteiger charge is 2.49. The SMILES string of the molecule is [C-]#[N+]C1(C#C[Si](C)(C)C)CCC2(CC1)OCCO2. The van der Waals surface area contributed by atoms with E-state index in [1.54, 1.807) is 0 Å². The average molecular weight is 263 g/mol. The zero-order valence-electron chi connectivity index (χ0n) is 11.5. The van der Waals surface area contributed by atoms with E-state index in [1.807, 2.05) is 0 Å². The van der Waals surface area contributed by atoms with E-state index in [4.69, 9.17) is 16.0 Å². The number of ether oxygens (including phenoxy) is 2. The molecule has 0 amide bonds. The van der Waals surface area contributed by atoms with Gasteiger partial charge in [0, 0.05) is 25.7 Å². The Balaban J connectivity index is 2.08. The molecule has 1 saturated carbocycles. The van der Waals surface area contributed by atoms with E-state index in [-0.39, 0.29) is 0 Å². The molecule has 1 saturated heterocycles. The number of hydrogen-bond donors (Lipinski definition) is 0. The molecule has 0 radical (unpaired) electrons. The van der Waals surface area contributed by atoms with Crippen molar-refractivity contribution in [1.82, 2.24) is 0 Å². The second-order valence-corrected chi connectivity index (χ2v) is 11.0. The van der Waals surface area contributed by atoms with E-state index in [9.17, 15) is 0 Å². The van der Waals surface area contributed by atoms with E-state index in [0.717, 1.165) is 25.7 Å². The van der Waals surface area contributed by atoms with Crippen LogP contribution in [-0.4, -0.2) is 32.6 Å². The first kappa shape index (κ1) is 13.6. The Morgan fingerprint density at radius 3 is 2.06 bits per heavy atom. The van der Waals surface area contributed by atoms with Crippen LogP contribution in [0.5, 0.6) is 0 Å². The van der Waals surface area contributed by atoms with E-state index >= 15 is 0 Å². The van der Waals surface area contributed by atoms with E-state index in [0.29, 0.717) is 13.2 Å². The maximum Gasteiger partial charge on any atom is 0.291 e. The lowest BCUT2D eigenvalue weighted by Crippen LogP contribution is -2.41. The van der Waals surface area contributed by atoms with Gasteiger partial charge in [0.2, 0.25) is 0 Å². The molecule has 1 aliphatic heterocycles. The van der Waals surface area contributed by atoms with Gasteiger partial charge in [0.05, 0.1) is 13.2 Å². The van der Waals surface area contributed by atoms with E-state index < -0.39 is 19.4 Å². The number of hydrogen-bond acceptors (Lipinski definition) is 2. The molecular weight excluding hydrogens is 242 g/mol. The van der Waals surface area contributed by atoms with Crippen molar-refractivity contribution < 1.29 is 9.47 Å². The first-order valence-corrected chi connectivity index (χ1v) is 10.1. The molecule has 2 aliphatic rings. The third kappa shape index (κ3) is 2.95. The van der Waals surface area contributed by atoms with Gasteiger partial charge in [-0.1, -0.05) is 19.6 Å². The lowest BCUT2D eigenvalue weighted by Gasteiger charge is -2.34. The maximum atomic E-state index is 7.47. The van der Waals surface area contributed by atoms with Gasteiger partial charge >= 0.3 is 0 Å². The van der Waals surface area contributed by atoms with Crippen LogP contribution in [0.1, 0.15) is 25.7 Å². The van der Waals surface area contributed by atoms with Gasteiger partial charge in [-0.3, -0.25) is 4.85 Å². The molecule has 0 atom stereocenters. The summed E-state index contributed by atoms with van der Waals surface area (Å²) in [7, 11) is -1.41. The first-order valence-electron chi connectivity index (χ1n) is 6.60. The molecule has 0 aromatic rings. The molecule has 98 valence electrons. The van der Waals surface area contributed by atoms with Gasteiger partial charge in [0.1, 0.15) is 8.07 Å². The molecular formula is C14H21NO2Si. The monoisotopic (exact) mass is 263 g/mol. The Labute approximate surface area is 111 Å². The van der Waals surface area contributed by atoms with Crippen molar-refractivity contribution in [3.63, 3.8) is 0 Å². The van der Waals surface area contributed by atoms with Crippen molar-refractivity contribution in [2.75, 3.05) is 13.2 Å². The van der Waals surface area contributed by atoms with Gasteiger partial charge in [-0.2, -0.15) is 0 Å². The Bertz CT molecular complexity index is 406. The highest BCUT2D eigenvalue weighted by molar-refractivity contribution is 6.83. The Hall–Kier alpha value is -0.813. The fourth-order valence-electron chi connectivity index (χ4n) is 2.40. The zero-order chi connectivity index (χ0) is 13.3. The highest BCUT2D eigenvalue weighted by atomic mass is 28.3. The summed E-state index contributed by atoms with van der Waals surface area (Å²) < 4.78 is 11.4. The lowest BCUT2D eigenvalue weighted by atomic mass is 9.80. The predicted molar refractivity (Wildman–Crippen MR) is 73.6 cm³/mol. The van der Waals surface area contributed by atoms with Crippen LogP contribution in [0.25, 0.3) is 4.85 Å². The molecule has 0 bridgehead atoms. The van der Waals surface area contributed by atoms with Crippen LogP contribution in [0.2, 0.25) is 19.6 Å². The molecule has 1 spiro atoms. The first-order chi connectivity index (χ1) is 8.39. The number of nitrogens with zero attached hydrogens (tertiary/aromatic N) is 1. The standard InChI is InChI=1S/C14H21NO2Si/c1-15-13(9-12-18(2,3)4)5-7-14(8-6-13)16-10-11-17-14/h5-8,10-11H2,2-4H3. The molecule has 0 aromatic carbocycles. The van der Waals surface area contributed by atoms with Crippen molar-refractivity contribution in [1.29, 1.82) is 0 Å². The minimum absolute atomic E-state index is 0.394. The van der Waals surface area contributed by atoms with Crippen LogP contribution in [0.4, 0.5) is 0 Å². The summed E-state index contributed by atoms with van der Waals surface area (Å²) in [5.41, 5.74) is 2.87. The smallest absolute Gasteiger partial charge is 0.291 e. The largest absolute Gasteiger partial charge is 0.348 e. The van der Waals surface area contributed by atoms with Gasteiger partial charge in [0.15, 0.2) is 5.79 Å². The minimum atomic E-state index is -1.41. The van der Waals surface area contributed by atoms with Crippen molar-refractivity contribution in [2.45, 2.75) is 56.7 Å².